The van der Waals surface area contributed by atoms with Gasteiger partial charge in [0.15, 0.2) is 5.78 Å². The van der Waals surface area contributed by atoms with Gasteiger partial charge in [0.05, 0.1) is 18.5 Å². The van der Waals surface area contributed by atoms with Gasteiger partial charge in [0.1, 0.15) is 11.6 Å². The maximum atomic E-state index is 13.7. The van der Waals surface area contributed by atoms with Gasteiger partial charge in [0.25, 0.3) is 0 Å². The van der Waals surface area contributed by atoms with Crippen molar-refractivity contribution in [2.24, 2.45) is 0 Å². The highest BCUT2D eigenvalue weighted by Gasteiger charge is 2.17. The average molecular weight is 287 g/mol. The number of nitrogens with zero attached hydrogens (tertiary/aromatic N) is 1. The first-order valence-corrected chi connectivity index (χ1v) is 6.63. The zero-order valence-electron chi connectivity index (χ0n) is 12.6. The Morgan fingerprint density at radius 2 is 1.86 bits per heavy atom. The summed E-state index contributed by atoms with van der Waals surface area (Å²) in [4.78, 5) is 13.6. The van der Waals surface area contributed by atoms with E-state index in [4.69, 9.17) is 4.74 Å². The minimum absolute atomic E-state index is 0.175. The van der Waals surface area contributed by atoms with Crippen LogP contribution in [0.3, 0.4) is 0 Å². The van der Waals surface area contributed by atoms with Gasteiger partial charge in [-0.05, 0) is 43.7 Å². The van der Waals surface area contributed by atoms with E-state index < -0.39 is 0 Å². The number of aryl methyl sites for hydroxylation is 1. The van der Waals surface area contributed by atoms with Crippen LogP contribution >= 0.6 is 0 Å². The second-order valence-electron chi connectivity index (χ2n) is 4.91. The molecule has 0 saturated carbocycles. The fourth-order valence-corrected chi connectivity index (χ4v) is 2.26. The average Bonchev–Trinajstić information content (AvgIpc) is 2.48. The van der Waals surface area contributed by atoms with E-state index in [-0.39, 0.29) is 11.6 Å². The minimum atomic E-state index is -0.377. The fraction of sp³-hybridized carbons (Fsp3) is 0.235. The van der Waals surface area contributed by atoms with Crippen molar-refractivity contribution in [2.75, 3.05) is 19.1 Å². The van der Waals surface area contributed by atoms with Crippen molar-refractivity contribution < 1.29 is 13.9 Å². The Kier molecular flexibility index (Phi) is 4.26. The van der Waals surface area contributed by atoms with Crippen molar-refractivity contribution in [1.82, 2.24) is 0 Å². The minimum Gasteiger partial charge on any atom is -0.495 e. The van der Waals surface area contributed by atoms with Gasteiger partial charge in [-0.25, -0.2) is 4.39 Å². The second kappa shape index (κ2) is 5.95. The van der Waals surface area contributed by atoms with Crippen LogP contribution in [-0.2, 0) is 0 Å². The van der Waals surface area contributed by atoms with Gasteiger partial charge in [0, 0.05) is 12.6 Å². The molecule has 0 fully saturated rings. The number of para-hydroxylation sites is 2. The molecule has 0 aromatic heterocycles. The first-order chi connectivity index (χ1) is 9.95. The number of benzene rings is 2. The fourth-order valence-electron chi connectivity index (χ4n) is 2.26. The summed E-state index contributed by atoms with van der Waals surface area (Å²) in [6, 6.07) is 10.5. The lowest BCUT2D eigenvalue weighted by Gasteiger charge is -2.24. The summed E-state index contributed by atoms with van der Waals surface area (Å²) in [7, 11) is 3.42. The number of Topliss-reactive ketones (excluding diaryl/α,β-unsaturated/α-hetero) is 1. The summed E-state index contributed by atoms with van der Waals surface area (Å²) in [5.41, 5.74) is 2.32. The molecule has 0 aliphatic heterocycles. The number of carbonyl (C=O) groups excluding carboxylic acids is 1. The maximum absolute atomic E-state index is 13.7. The molecule has 0 bridgehead atoms. The number of anilines is 2. The van der Waals surface area contributed by atoms with Crippen LogP contribution in [0.4, 0.5) is 15.8 Å². The van der Waals surface area contributed by atoms with Crippen molar-refractivity contribution in [3.05, 3.63) is 53.3 Å². The molecule has 110 valence electrons. The van der Waals surface area contributed by atoms with E-state index in [2.05, 4.69) is 0 Å². The van der Waals surface area contributed by atoms with Crippen LogP contribution < -0.4 is 9.64 Å². The molecule has 2 aromatic carbocycles. The molecule has 2 aromatic rings. The van der Waals surface area contributed by atoms with Crippen molar-refractivity contribution in [3.8, 4) is 5.75 Å². The van der Waals surface area contributed by atoms with Crippen molar-refractivity contribution >= 4 is 17.2 Å². The standard InChI is InChI=1S/C17H18FNO2/c1-11-9-16(13(12(2)20)10-14(11)18)19(3)15-7-5-6-8-17(15)21-4/h5-10H,1-4H3. The predicted octanol–water partition coefficient (Wildman–Crippen LogP) is 4.11. The molecule has 0 saturated heterocycles. The highest BCUT2D eigenvalue weighted by Crippen LogP contribution is 2.35. The van der Waals surface area contributed by atoms with Crippen LogP contribution in [0.1, 0.15) is 22.8 Å². The maximum Gasteiger partial charge on any atom is 0.162 e. The number of rotatable bonds is 4. The van der Waals surface area contributed by atoms with Crippen LogP contribution in [0.25, 0.3) is 0 Å². The highest BCUT2D eigenvalue weighted by atomic mass is 19.1. The number of ketones is 1. The Labute approximate surface area is 124 Å². The molecular weight excluding hydrogens is 269 g/mol. The largest absolute Gasteiger partial charge is 0.495 e. The van der Waals surface area contributed by atoms with Gasteiger partial charge >= 0.3 is 0 Å². The molecule has 0 N–H and O–H groups in total. The van der Waals surface area contributed by atoms with E-state index in [9.17, 15) is 9.18 Å². The quantitative estimate of drug-likeness (QED) is 0.792. The van der Waals surface area contributed by atoms with Crippen LogP contribution in [0, 0.1) is 12.7 Å². The Hall–Kier alpha value is -2.36. The van der Waals surface area contributed by atoms with Gasteiger partial charge in [-0.1, -0.05) is 12.1 Å². The van der Waals surface area contributed by atoms with Crippen molar-refractivity contribution in [3.63, 3.8) is 0 Å². The molecule has 21 heavy (non-hydrogen) atoms. The number of hydrogen-bond donors (Lipinski definition) is 0. The summed E-state index contributed by atoms with van der Waals surface area (Å²) in [6.45, 7) is 3.11. The van der Waals surface area contributed by atoms with Gasteiger partial charge in [-0.15, -0.1) is 0 Å². The molecule has 0 aliphatic rings. The van der Waals surface area contributed by atoms with Crippen molar-refractivity contribution in [2.45, 2.75) is 13.8 Å². The van der Waals surface area contributed by atoms with Crippen molar-refractivity contribution in [1.29, 1.82) is 0 Å². The molecule has 0 amide bonds. The lowest BCUT2D eigenvalue weighted by Crippen LogP contribution is -2.15. The van der Waals surface area contributed by atoms with E-state index in [1.165, 1.54) is 13.0 Å². The molecule has 0 spiro atoms. The normalized spacial score (nSPS) is 10.3. The van der Waals surface area contributed by atoms with Crippen LogP contribution in [0.5, 0.6) is 5.75 Å². The summed E-state index contributed by atoms with van der Waals surface area (Å²) in [5, 5.41) is 0. The molecule has 0 radical (unpaired) electrons. The van der Waals surface area contributed by atoms with Gasteiger partial charge in [-0.2, -0.15) is 0 Å². The zero-order chi connectivity index (χ0) is 15.6. The summed E-state index contributed by atoms with van der Waals surface area (Å²) in [6.07, 6.45) is 0. The smallest absolute Gasteiger partial charge is 0.162 e. The summed E-state index contributed by atoms with van der Waals surface area (Å²) >= 11 is 0. The topological polar surface area (TPSA) is 29.5 Å². The molecule has 3 nitrogen and oxygen atoms in total. The van der Waals surface area contributed by atoms with Crippen LogP contribution in [-0.4, -0.2) is 19.9 Å². The first kappa shape index (κ1) is 15.0. The van der Waals surface area contributed by atoms with E-state index in [1.54, 1.807) is 20.1 Å². The molecule has 4 heteroatoms. The number of hydrogen-bond acceptors (Lipinski definition) is 3. The number of halogens is 1. The third-order valence-corrected chi connectivity index (χ3v) is 3.46. The lowest BCUT2D eigenvalue weighted by molar-refractivity contribution is 0.101. The van der Waals surface area contributed by atoms with Gasteiger partial charge in [-0.3, -0.25) is 4.79 Å². The third kappa shape index (κ3) is 2.89. The molecule has 2 rings (SSSR count). The van der Waals surface area contributed by atoms with E-state index in [0.717, 1.165) is 5.69 Å². The lowest BCUT2D eigenvalue weighted by atomic mass is 10.0. The summed E-state index contributed by atoms with van der Waals surface area (Å²) < 4.78 is 19.1. The predicted molar refractivity (Wildman–Crippen MR) is 82.2 cm³/mol. The van der Waals surface area contributed by atoms with Gasteiger partial charge in [0.2, 0.25) is 0 Å². The Morgan fingerprint density at radius 3 is 2.48 bits per heavy atom. The molecular formula is C17H18FNO2. The molecule has 0 aliphatic carbocycles. The number of methoxy groups -OCH3 is 1. The number of ether oxygens (including phenoxy) is 1. The molecule has 0 unspecified atom stereocenters. The molecule has 0 heterocycles. The highest BCUT2D eigenvalue weighted by molar-refractivity contribution is 6.00. The Bertz CT molecular complexity index is 682. The summed E-state index contributed by atoms with van der Waals surface area (Å²) in [5.74, 6) is 0.138. The number of carbonyl (C=O) groups is 1. The third-order valence-electron chi connectivity index (χ3n) is 3.46. The Morgan fingerprint density at radius 1 is 1.19 bits per heavy atom. The first-order valence-electron chi connectivity index (χ1n) is 6.63. The van der Waals surface area contributed by atoms with Gasteiger partial charge < -0.3 is 9.64 Å². The monoisotopic (exact) mass is 287 g/mol. The Balaban J connectivity index is 2.60. The SMILES string of the molecule is COc1ccccc1N(C)c1cc(C)c(F)cc1C(C)=O. The zero-order valence-corrected chi connectivity index (χ0v) is 12.6. The second-order valence-corrected chi connectivity index (χ2v) is 4.91. The van der Waals surface area contributed by atoms with E-state index in [1.807, 2.05) is 36.2 Å². The van der Waals surface area contributed by atoms with Crippen LogP contribution in [0.2, 0.25) is 0 Å². The van der Waals surface area contributed by atoms with Crippen LogP contribution in [0.15, 0.2) is 36.4 Å². The molecule has 0 atom stereocenters. The van der Waals surface area contributed by atoms with E-state index in [0.29, 0.717) is 22.6 Å². The van der Waals surface area contributed by atoms with E-state index >= 15 is 0 Å².